The van der Waals surface area contributed by atoms with E-state index in [0.717, 1.165) is 16.9 Å². The van der Waals surface area contributed by atoms with Gasteiger partial charge in [-0.2, -0.15) is 0 Å². The predicted molar refractivity (Wildman–Crippen MR) is 85.3 cm³/mol. The van der Waals surface area contributed by atoms with Gasteiger partial charge in [0.15, 0.2) is 0 Å². The van der Waals surface area contributed by atoms with Crippen LogP contribution in [0.15, 0.2) is 36.5 Å². The molecule has 0 fully saturated rings. The molecule has 0 aliphatic rings. The zero-order valence-electron chi connectivity index (χ0n) is 13.2. The van der Waals surface area contributed by atoms with E-state index in [9.17, 15) is 5.11 Å². The molecule has 0 amide bonds. The van der Waals surface area contributed by atoms with Gasteiger partial charge in [-0.15, -0.1) is 0 Å². The number of benzene rings is 1. The molecule has 2 N–H and O–H groups in total. The van der Waals surface area contributed by atoms with E-state index in [0.29, 0.717) is 19.0 Å². The Bertz CT molecular complexity index is 617. The van der Waals surface area contributed by atoms with Crippen molar-refractivity contribution in [3.8, 4) is 17.4 Å². The van der Waals surface area contributed by atoms with Crippen LogP contribution in [-0.2, 0) is 6.54 Å². The summed E-state index contributed by atoms with van der Waals surface area (Å²) in [6.45, 7) is 5.10. The highest BCUT2D eigenvalue weighted by Crippen LogP contribution is 2.28. The van der Waals surface area contributed by atoms with Gasteiger partial charge in [0.2, 0.25) is 5.88 Å². The fourth-order valence-corrected chi connectivity index (χ4v) is 2.20. The van der Waals surface area contributed by atoms with Crippen molar-refractivity contribution in [1.29, 1.82) is 0 Å². The molecular formula is C17H22N2O3. The van der Waals surface area contributed by atoms with Crippen molar-refractivity contribution in [1.82, 2.24) is 10.3 Å². The highest BCUT2D eigenvalue weighted by Gasteiger charge is 2.12. The van der Waals surface area contributed by atoms with E-state index in [2.05, 4.69) is 10.3 Å². The van der Waals surface area contributed by atoms with Crippen molar-refractivity contribution in [2.24, 2.45) is 0 Å². The van der Waals surface area contributed by atoms with E-state index in [1.807, 2.05) is 32.0 Å². The second kappa shape index (κ2) is 7.66. The number of aromatic hydroxyl groups is 1. The number of hydrogen-bond acceptors (Lipinski definition) is 5. The van der Waals surface area contributed by atoms with E-state index in [-0.39, 0.29) is 11.8 Å². The number of phenolic OH excluding ortho intramolecular Hbond substituents is 1. The molecule has 2 aromatic rings. The van der Waals surface area contributed by atoms with Crippen LogP contribution in [0.5, 0.6) is 17.4 Å². The summed E-state index contributed by atoms with van der Waals surface area (Å²) < 4.78 is 10.7. The zero-order valence-corrected chi connectivity index (χ0v) is 13.2. The smallest absolute Gasteiger partial charge is 0.217 e. The first-order valence-electron chi connectivity index (χ1n) is 7.32. The normalized spacial score (nSPS) is 12.0. The minimum absolute atomic E-state index is 0.0372. The van der Waals surface area contributed by atoms with Gasteiger partial charge in [0.25, 0.3) is 0 Å². The summed E-state index contributed by atoms with van der Waals surface area (Å²) in [6.07, 6.45) is 1.71. The van der Waals surface area contributed by atoms with Gasteiger partial charge in [0.1, 0.15) is 11.5 Å². The fraction of sp³-hybridized carbons (Fsp3) is 0.353. The summed E-state index contributed by atoms with van der Waals surface area (Å²) in [5, 5.41) is 13.4. The molecule has 0 unspecified atom stereocenters. The summed E-state index contributed by atoms with van der Waals surface area (Å²) in [5.41, 5.74) is 1.78. The molecule has 5 heteroatoms. The molecule has 1 heterocycles. The number of pyridine rings is 1. The van der Waals surface area contributed by atoms with Crippen LogP contribution in [0.4, 0.5) is 0 Å². The molecule has 1 aromatic carbocycles. The lowest BCUT2D eigenvalue weighted by Crippen LogP contribution is -2.19. The molecule has 1 aromatic heterocycles. The van der Waals surface area contributed by atoms with Crippen LogP contribution < -0.4 is 14.8 Å². The van der Waals surface area contributed by atoms with Crippen LogP contribution in [0.2, 0.25) is 0 Å². The van der Waals surface area contributed by atoms with Gasteiger partial charge in [-0.25, -0.2) is 4.98 Å². The fourth-order valence-electron chi connectivity index (χ4n) is 2.20. The zero-order chi connectivity index (χ0) is 15.9. The lowest BCUT2D eigenvalue weighted by molar-refractivity contribution is 0.321. The number of aromatic nitrogens is 1. The topological polar surface area (TPSA) is 63.6 Å². The summed E-state index contributed by atoms with van der Waals surface area (Å²) in [6, 6.07) is 9.03. The highest BCUT2D eigenvalue weighted by atomic mass is 16.5. The number of phenols is 1. The SMILES string of the molecule is CCOc1ncccc1CN[C@H](C)c1cc(OC)ccc1O. The van der Waals surface area contributed by atoms with Gasteiger partial charge in [-0.3, -0.25) is 0 Å². The maximum Gasteiger partial charge on any atom is 0.217 e. The van der Waals surface area contributed by atoms with Gasteiger partial charge in [0, 0.05) is 29.9 Å². The third-order valence-electron chi connectivity index (χ3n) is 3.43. The summed E-state index contributed by atoms with van der Waals surface area (Å²) in [4.78, 5) is 4.23. The second-order valence-electron chi connectivity index (χ2n) is 4.93. The van der Waals surface area contributed by atoms with Crippen LogP contribution >= 0.6 is 0 Å². The maximum atomic E-state index is 10.0. The third-order valence-corrected chi connectivity index (χ3v) is 3.43. The molecule has 0 bridgehead atoms. The Morgan fingerprint density at radius 1 is 1.32 bits per heavy atom. The maximum absolute atomic E-state index is 10.0. The van der Waals surface area contributed by atoms with Gasteiger partial charge in [-0.1, -0.05) is 6.07 Å². The average molecular weight is 302 g/mol. The Morgan fingerprint density at radius 3 is 2.86 bits per heavy atom. The van der Waals surface area contributed by atoms with E-state index < -0.39 is 0 Å². The molecule has 5 nitrogen and oxygen atoms in total. The van der Waals surface area contributed by atoms with Crippen LogP contribution in [-0.4, -0.2) is 23.8 Å². The Kier molecular flexibility index (Phi) is 5.61. The average Bonchev–Trinajstić information content (AvgIpc) is 2.54. The minimum Gasteiger partial charge on any atom is -0.508 e. The van der Waals surface area contributed by atoms with E-state index in [4.69, 9.17) is 9.47 Å². The Balaban J connectivity index is 2.08. The van der Waals surface area contributed by atoms with Crippen molar-refractivity contribution >= 4 is 0 Å². The van der Waals surface area contributed by atoms with Crippen molar-refractivity contribution in [2.45, 2.75) is 26.4 Å². The quantitative estimate of drug-likeness (QED) is 0.823. The Labute approximate surface area is 130 Å². The first-order chi connectivity index (χ1) is 10.7. The lowest BCUT2D eigenvalue weighted by Gasteiger charge is -2.17. The Hall–Kier alpha value is -2.27. The number of hydrogen-bond donors (Lipinski definition) is 2. The largest absolute Gasteiger partial charge is 0.508 e. The molecular weight excluding hydrogens is 280 g/mol. The molecule has 0 radical (unpaired) electrons. The molecule has 2 rings (SSSR count). The molecule has 0 saturated carbocycles. The second-order valence-corrected chi connectivity index (χ2v) is 4.93. The predicted octanol–water partition coefficient (Wildman–Crippen LogP) is 3.05. The van der Waals surface area contributed by atoms with Crippen LogP contribution in [0, 0.1) is 0 Å². The van der Waals surface area contributed by atoms with Crippen molar-refractivity contribution < 1.29 is 14.6 Å². The van der Waals surface area contributed by atoms with E-state index in [1.165, 1.54) is 0 Å². The molecule has 22 heavy (non-hydrogen) atoms. The molecule has 118 valence electrons. The molecule has 1 atom stereocenters. The van der Waals surface area contributed by atoms with E-state index in [1.54, 1.807) is 25.4 Å². The number of nitrogens with zero attached hydrogens (tertiary/aromatic N) is 1. The molecule has 0 spiro atoms. The summed E-state index contributed by atoms with van der Waals surface area (Å²) >= 11 is 0. The molecule has 0 aliphatic carbocycles. The number of rotatable bonds is 7. The standard InChI is InChI=1S/C17H22N2O3/c1-4-22-17-13(6-5-9-18-17)11-19-12(2)15-10-14(21-3)7-8-16(15)20/h5-10,12,19-20H,4,11H2,1-3H3/t12-/m1/s1. The first-order valence-corrected chi connectivity index (χ1v) is 7.32. The number of ether oxygens (including phenoxy) is 2. The summed E-state index contributed by atoms with van der Waals surface area (Å²) in [7, 11) is 1.61. The van der Waals surface area contributed by atoms with Crippen LogP contribution in [0.25, 0.3) is 0 Å². The molecule has 0 saturated heterocycles. The minimum atomic E-state index is -0.0372. The van der Waals surface area contributed by atoms with Crippen LogP contribution in [0.3, 0.4) is 0 Å². The number of methoxy groups -OCH3 is 1. The summed E-state index contributed by atoms with van der Waals surface area (Å²) in [5.74, 6) is 1.61. The van der Waals surface area contributed by atoms with Crippen molar-refractivity contribution in [2.75, 3.05) is 13.7 Å². The monoisotopic (exact) mass is 302 g/mol. The van der Waals surface area contributed by atoms with Gasteiger partial charge >= 0.3 is 0 Å². The first kappa shape index (κ1) is 16.1. The Morgan fingerprint density at radius 2 is 2.14 bits per heavy atom. The van der Waals surface area contributed by atoms with Crippen molar-refractivity contribution in [3.05, 3.63) is 47.7 Å². The van der Waals surface area contributed by atoms with E-state index >= 15 is 0 Å². The van der Waals surface area contributed by atoms with Gasteiger partial charge in [-0.05, 0) is 38.1 Å². The molecule has 0 aliphatic heterocycles. The highest BCUT2D eigenvalue weighted by molar-refractivity contribution is 5.41. The van der Waals surface area contributed by atoms with Gasteiger partial charge < -0.3 is 19.9 Å². The lowest BCUT2D eigenvalue weighted by atomic mass is 10.1. The third kappa shape index (κ3) is 3.89. The number of nitrogens with one attached hydrogen (secondary N) is 1. The van der Waals surface area contributed by atoms with Crippen molar-refractivity contribution in [3.63, 3.8) is 0 Å². The van der Waals surface area contributed by atoms with Gasteiger partial charge in [0.05, 0.1) is 13.7 Å². The van der Waals surface area contributed by atoms with Crippen LogP contribution in [0.1, 0.15) is 31.0 Å².